The molecular formula is C38H52N6O7S. The van der Waals surface area contributed by atoms with Crippen molar-refractivity contribution >= 4 is 29.2 Å². The van der Waals surface area contributed by atoms with E-state index in [1.165, 1.54) is 11.3 Å². The maximum Gasteiger partial charge on any atom is 0.408 e. The standard InChI is InChI=1S/C38H52N6O7S/c1-24(2)34(44(37(48)49)19-28-22-52-25(3)39-28)36(47)40-29(16-26-10-8-7-9-11-26)31(45)21-43-15-14-42(20-30(43)35(46)41-38(4,5)6)18-27-12-13-32-33(17-27)51-23-50-32/h7-13,17,22,24,29-31,34,45H,14-16,18-21,23H2,1-6H3,(H,40,47)(H,41,46)(H,48,49)/t29-,30-,31+,34-/m0/s1. The van der Waals surface area contributed by atoms with E-state index in [2.05, 4.69) is 20.5 Å². The van der Waals surface area contributed by atoms with Gasteiger partial charge in [0, 0.05) is 43.6 Å². The normalized spacial score (nSPS) is 18.1. The first-order valence-corrected chi connectivity index (χ1v) is 18.6. The second kappa shape index (κ2) is 17.1. The van der Waals surface area contributed by atoms with E-state index in [0.29, 0.717) is 49.8 Å². The fraction of sp³-hybridized carbons (Fsp3) is 0.526. The van der Waals surface area contributed by atoms with Gasteiger partial charge < -0.3 is 30.3 Å². The largest absolute Gasteiger partial charge is 0.465 e. The van der Waals surface area contributed by atoms with Gasteiger partial charge in [-0.3, -0.25) is 24.3 Å². The van der Waals surface area contributed by atoms with Gasteiger partial charge in [-0.25, -0.2) is 9.78 Å². The zero-order valence-electron chi connectivity index (χ0n) is 30.9. The third-order valence-corrected chi connectivity index (χ3v) is 10.0. The van der Waals surface area contributed by atoms with Gasteiger partial charge in [0.05, 0.1) is 29.4 Å². The molecule has 282 valence electrons. The molecule has 14 heteroatoms. The molecule has 0 saturated carbocycles. The number of amides is 3. The lowest BCUT2D eigenvalue weighted by molar-refractivity contribution is -0.133. The molecule has 0 radical (unpaired) electrons. The van der Waals surface area contributed by atoms with Crippen LogP contribution in [0.2, 0.25) is 0 Å². The topological polar surface area (TPSA) is 157 Å². The van der Waals surface area contributed by atoms with Gasteiger partial charge >= 0.3 is 6.09 Å². The molecule has 52 heavy (non-hydrogen) atoms. The molecule has 3 heterocycles. The Kier molecular flexibility index (Phi) is 12.8. The Morgan fingerprint density at radius 1 is 1.06 bits per heavy atom. The molecule has 0 spiro atoms. The van der Waals surface area contributed by atoms with E-state index in [1.54, 1.807) is 19.2 Å². The molecule has 4 atom stereocenters. The minimum absolute atomic E-state index is 0.0387. The minimum Gasteiger partial charge on any atom is -0.465 e. The van der Waals surface area contributed by atoms with Crippen molar-refractivity contribution in [2.24, 2.45) is 5.92 Å². The lowest BCUT2D eigenvalue weighted by Gasteiger charge is -2.43. The number of aryl methyl sites for hydroxylation is 1. The first kappa shape index (κ1) is 39.0. The number of piperazine rings is 1. The molecule has 13 nitrogen and oxygen atoms in total. The van der Waals surface area contributed by atoms with Gasteiger partial charge in [-0.1, -0.05) is 50.2 Å². The SMILES string of the molecule is Cc1nc(CN(C(=O)O)[C@H](C(=O)N[C@@H](Cc2ccccc2)[C@H](O)CN2CCN(Cc3ccc4c(c3)OCO4)C[C@H]2C(=O)NC(C)(C)C)C(C)C)cs1. The highest BCUT2D eigenvalue weighted by Gasteiger charge is 2.39. The van der Waals surface area contributed by atoms with Crippen molar-refractivity contribution in [3.8, 4) is 11.5 Å². The van der Waals surface area contributed by atoms with Crippen LogP contribution < -0.4 is 20.1 Å². The van der Waals surface area contributed by atoms with Crippen molar-refractivity contribution in [3.05, 3.63) is 75.7 Å². The summed E-state index contributed by atoms with van der Waals surface area (Å²) in [6.45, 7) is 13.7. The summed E-state index contributed by atoms with van der Waals surface area (Å²) >= 11 is 1.42. The lowest BCUT2D eigenvalue weighted by atomic mass is 9.97. The monoisotopic (exact) mass is 736 g/mol. The summed E-state index contributed by atoms with van der Waals surface area (Å²) in [5.74, 6) is 0.408. The molecule has 5 rings (SSSR count). The molecule has 3 amide bonds. The fourth-order valence-corrected chi connectivity index (χ4v) is 7.37. The van der Waals surface area contributed by atoms with Gasteiger partial charge in [-0.05, 0) is 63.3 Å². The highest BCUT2D eigenvalue weighted by molar-refractivity contribution is 7.09. The Balaban J connectivity index is 1.35. The van der Waals surface area contributed by atoms with Crippen LogP contribution in [-0.2, 0) is 29.1 Å². The van der Waals surface area contributed by atoms with Crippen LogP contribution in [0.5, 0.6) is 11.5 Å². The molecule has 1 saturated heterocycles. The molecule has 2 aliphatic heterocycles. The number of hydrogen-bond acceptors (Lipinski definition) is 10. The number of benzene rings is 2. The van der Waals surface area contributed by atoms with Gasteiger partial charge in [-0.15, -0.1) is 11.3 Å². The van der Waals surface area contributed by atoms with E-state index in [0.717, 1.165) is 21.0 Å². The molecule has 3 aromatic rings. The quantitative estimate of drug-likeness (QED) is 0.192. The number of ether oxygens (including phenoxy) is 2. The highest BCUT2D eigenvalue weighted by atomic mass is 32.1. The zero-order chi connectivity index (χ0) is 37.6. The van der Waals surface area contributed by atoms with Crippen LogP contribution in [0.15, 0.2) is 53.9 Å². The smallest absolute Gasteiger partial charge is 0.408 e. The van der Waals surface area contributed by atoms with Crippen LogP contribution in [0.3, 0.4) is 0 Å². The summed E-state index contributed by atoms with van der Waals surface area (Å²) in [5.41, 5.74) is 2.04. The van der Waals surface area contributed by atoms with E-state index in [9.17, 15) is 24.6 Å². The zero-order valence-corrected chi connectivity index (χ0v) is 31.7. The number of aliphatic hydroxyl groups is 1. The van der Waals surface area contributed by atoms with Crippen molar-refractivity contribution in [1.29, 1.82) is 0 Å². The molecule has 1 aromatic heterocycles. The Hall–Kier alpha value is -4.24. The highest BCUT2D eigenvalue weighted by Crippen LogP contribution is 2.33. The third kappa shape index (κ3) is 10.4. The number of carboxylic acid groups (broad SMARTS) is 1. The van der Waals surface area contributed by atoms with E-state index in [1.807, 2.05) is 81.1 Å². The van der Waals surface area contributed by atoms with Gasteiger partial charge in [0.15, 0.2) is 11.5 Å². The first-order valence-electron chi connectivity index (χ1n) is 17.8. The number of carbonyl (C=O) groups excluding carboxylic acids is 2. The Bertz CT molecular complexity index is 1680. The molecule has 2 aromatic carbocycles. The summed E-state index contributed by atoms with van der Waals surface area (Å²) in [7, 11) is 0. The van der Waals surface area contributed by atoms with Crippen LogP contribution in [0.1, 0.15) is 56.4 Å². The number of nitrogens with zero attached hydrogens (tertiary/aromatic N) is 4. The predicted molar refractivity (Wildman–Crippen MR) is 198 cm³/mol. The summed E-state index contributed by atoms with van der Waals surface area (Å²) in [4.78, 5) is 50.2. The number of β-amino-alcohol motifs (C(OH)–C–C–N with tert-alkyl or cyclic N) is 1. The molecule has 0 unspecified atom stereocenters. The number of hydrogen-bond donors (Lipinski definition) is 4. The van der Waals surface area contributed by atoms with Crippen molar-refractivity contribution in [2.45, 2.75) is 90.8 Å². The van der Waals surface area contributed by atoms with Gasteiger partial charge in [0.25, 0.3) is 0 Å². The molecular weight excluding hydrogens is 685 g/mol. The Morgan fingerprint density at radius 3 is 2.44 bits per heavy atom. The average Bonchev–Trinajstić information content (AvgIpc) is 3.72. The number of fused-ring (bicyclic) bond motifs is 1. The summed E-state index contributed by atoms with van der Waals surface area (Å²) in [5, 5.41) is 30.9. The van der Waals surface area contributed by atoms with Crippen LogP contribution in [0.4, 0.5) is 4.79 Å². The number of thiazole rings is 1. The number of aliphatic hydroxyl groups excluding tert-OH is 1. The second-order valence-corrected chi connectivity index (χ2v) is 16.1. The van der Waals surface area contributed by atoms with E-state index >= 15 is 0 Å². The maximum atomic E-state index is 14.1. The lowest BCUT2D eigenvalue weighted by Crippen LogP contribution is -2.63. The van der Waals surface area contributed by atoms with Crippen LogP contribution >= 0.6 is 11.3 Å². The van der Waals surface area contributed by atoms with Gasteiger partial charge in [0.1, 0.15) is 12.1 Å². The van der Waals surface area contributed by atoms with Crippen molar-refractivity contribution in [2.75, 3.05) is 33.0 Å². The van der Waals surface area contributed by atoms with Crippen molar-refractivity contribution in [1.82, 2.24) is 30.3 Å². The summed E-state index contributed by atoms with van der Waals surface area (Å²) in [6, 6.07) is 13.0. The van der Waals surface area contributed by atoms with E-state index < -0.39 is 41.8 Å². The number of aromatic nitrogens is 1. The van der Waals surface area contributed by atoms with Crippen LogP contribution in [-0.4, -0.2) is 111 Å². The van der Waals surface area contributed by atoms with Gasteiger partial charge in [0.2, 0.25) is 18.6 Å². The molecule has 0 bridgehead atoms. The predicted octanol–water partition coefficient (Wildman–Crippen LogP) is 3.87. The van der Waals surface area contributed by atoms with Gasteiger partial charge in [-0.2, -0.15) is 0 Å². The fourth-order valence-electron chi connectivity index (χ4n) is 6.77. The van der Waals surface area contributed by atoms with Crippen LogP contribution in [0.25, 0.3) is 0 Å². The van der Waals surface area contributed by atoms with E-state index in [4.69, 9.17) is 9.47 Å². The van der Waals surface area contributed by atoms with Crippen LogP contribution in [0, 0.1) is 12.8 Å². The van der Waals surface area contributed by atoms with Crippen molar-refractivity contribution < 1.29 is 34.1 Å². The number of carbonyl (C=O) groups is 3. The number of rotatable bonds is 14. The average molecular weight is 737 g/mol. The molecule has 4 N–H and O–H groups in total. The second-order valence-electron chi connectivity index (χ2n) is 15.0. The summed E-state index contributed by atoms with van der Waals surface area (Å²) in [6.07, 6.45) is -2.01. The first-order chi connectivity index (χ1) is 24.7. The third-order valence-electron chi connectivity index (χ3n) is 9.21. The molecule has 2 aliphatic rings. The number of nitrogens with one attached hydrogen (secondary N) is 2. The van der Waals surface area contributed by atoms with E-state index in [-0.39, 0.29) is 31.7 Å². The minimum atomic E-state index is -1.23. The summed E-state index contributed by atoms with van der Waals surface area (Å²) < 4.78 is 11.0. The molecule has 1 fully saturated rings. The Morgan fingerprint density at radius 2 is 1.79 bits per heavy atom. The van der Waals surface area contributed by atoms with Crippen molar-refractivity contribution in [3.63, 3.8) is 0 Å². The maximum absolute atomic E-state index is 14.1. The molecule has 0 aliphatic carbocycles. The Labute approximate surface area is 309 Å².